The molecule has 125 valence electrons. The molecule has 0 saturated heterocycles. The standard InChI is InChI=1S/C10H8NO9S3/c11-8-4-7-5(2-10(8)23(18,19)20)1-6(21(12,13)14)3-9(7)22(15,16)17/h1-3H,11H2,(H,12,13,14)(H,15,16,17)(H,18,19,20). The second-order valence-corrected chi connectivity index (χ2v) is 8.56. The number of rotatable bonds is 3. The predicted molar refractivity (Wildman–Crippen MR) is 76.6 cm³/mol. The van der Waals surface area contributed by atoms with E-state index in [0.717, 1.165) is 6.07 Å². The van der Waals surface area contributed by atoms with Gasteiger partial charge in [-0.15, -0.1) is 0 Å². The fourth-order valence-corrected chi connectivity index (χ4v) is 3.76. The van der Waals surface area contributed by atoms with Crippen LogP contribution in [-0.4, -0.2) is 38.9 Å². The molecule has 0 unspecified atom stereocenters. The number of nitrogen functional groups attached to an aromatic ring is 1. The molecule has 5 N–H and O–H groups in total. The zero-order chi connectivity index (χ0) is 17.8. The quantitative estimate of drug-likeness (QED) is 0.414. The summed E-state index contributed by atoms with van der Waals surface area (Å²) in [6.45, 7) is 0. The van der Waals surface area contributed by atoms with Gasteiger partial charge in [0.15, 0.2) is 0 Å². The SMILES string of the molecule is Nc1[c]c2c(S(=O)(=O)O)cc(S(=O)(=O)O)cc2cc1S(=O)(=O)O. The molecule has 10 nitrogen and oxygen atoms in total. The molecular weight excluding hydrogens is 374 g/mol. The molecule has 23 heavy (non-hydrogen) atoms. The summed E-state index contributed by atoms with van der Waals surface area (Å²) < 4.78 is 94.7. The number of hydrogen-bond acceptors (Lipinski definition) is 7. The minimum Gasteiger partial charge on any atom is -0.397 e. The summed E-state index contributed by atoms with van der Waals surface area (Å²) in [6, 6.07) is 4.00. The molecule has 2 aromatic rings. The van der Waals surface area contributed by atoms with Gasteiger partial charge in [0.1, 0.15) is 9.79 Å². The lowest BCUT2D eigenvalue weighted by Crippen LogP contribution is -2.07. The molecule has 0 aromatic heterocycles. The maximum Gasteiger partial charge on any atom is 0.296 e. The van der Waals surface area contributed by atoms with E-state index in [-0.39, 0.29) is 5.39 Å². The summed E-state index contributed by atoms with van der Waals surface area (Å²) in [4.78, 5) is -2.73. The maximum absolute atomic E-state index is 11.4. The molecule has 0 fully saturated rings. The molecule has 0 spiro atoms. The van der Waals surface area contributed by atoms with Gasteiger partial charge in [0.05, 0.1) is 10.6 Å². The van der Waals surface area contributed by atoms with Gasteiger partial charge in [-0.1, -0.05) is 0 Å². The second kappa shape index (κ2) is 5.12. The Hall–Kier alpha value is -1.77. The van der Waals surface area contributed by atoms with Crippen LogP contribution in [0.5, 0.6) is 0 Å². The number of fused-ring (bicyclic) bond motifs is 1. The van der Waals surface area contributed by atoms with Crippen LogP contribution >= 0.6 is 0 Å². The van der Waals surface area contributed by atoms with Crippen LogP contribution < -0.4 is 5.73 Å². The molecule has 0 aliphatic heterocycles. The van der Waals surface area contributed by atoms with Crippen LogP contribution in [0.3, 0.4) is 0 Å². The van der Waals surface area contributed by atoms with Gasteiger partial charge in [0, 0.05) is 11.5 Å². The van der Waals surface area contributed by atoms with Gasteiger partial charge in [-0.3, -0.25) is 13.7 Å². The fraction of sp³-hybridized carbons (Fsp3) is 0. The highest BCUT2D eigenvalue weighted by Gasteiger charge is 2.23. The van der Waals surface area contributed by atoms with E-state index in [1.807, 2.05) is 0 Å². The minimum atomic E-state index is -4.95. The van der Waals surface area contributed by atoms with Crippen LogP contribution in [0.2, 0.25) is 0 Å². The van der Waals surface area contributed by atoms with Crippen LogP contribution in [0, 0.1) is 6.07 Å². The average Bonchev–Trinajstić information content (AvgIpc) is 2.32. The molecule has 0 heterocycles. The molecule has 0 atom stereocenters. The van der Waals surface area contributed by atoms with Crippen LogP contribution in [0.4, 0.5) is 5.69 Å². The van der Waals surface area contributed by atoms with Crippen LogP contribution in [0.1, 0.15) is 0 Å². The van der Waals surface area contributed by atoms with E-state index in [1.54, 1.807) is 0 Å². The highest BCUT2D eigenvalue weighted by molar-refractivity contribution is 7.87. The monoisotopic (exact) mass is 382 g/mol. The van der Waals surface area contributed by atoms with E-state index in [9.17, 15) is 25.3 Å². The van der Waals surface area contributed by atoms with Crippen molar-refractivity contribution in [1.29, 1.82) is 0 Å². The van der Waals surface area contributed by atoms with Gasteiger partial charge in [-0.25, -0.2) is 0 Å². The van der Waals surface area contributed by atoms with Crippen molar-refractivity contribution >= 4 is 46.8 Å². The van der Waals surface area contributed by atoms with Gasteiger partial charge in [-0.2, -0.15) is 25.3 Å². The summed E-state index contributed by atoms with van der Waals surface area (Å²) in [5, 5.41) is -0.792. The van der Waals surface area contributed by atoms with Crippen molar-refractivity contribution in [3.63, 3.8) is 0 Å². The first-order valence-corrected chi connectivity index (χ1v) is 9.75. The van der Waals surface area contributed by atoms with Gasteiger partial charge < -0.3 is 5.73 Å². The van der Waals surface area contributed by atoms with E-state index in [4.69, 9.17) is 19.4 Å². The van der Waals surface area contributed by atoms with Crippen molar-refractivity contribution in [3.8, 4) is 0 Å². The number of anilines is 1. The van der Waals surface area contributed by atoms with Gasteiger partial charge in [0.25, 0.3) is 30.4 Å². The summed E-state index contributed by atoms with van der Waals surface area (Å²) in [5.74, 6) is 0. The third-order valence-electron chi connectivity index (χ3n) is 2.77. The Morgan fingerprint density at radius 2 is 1.30 bits per heavy atom. The fourth-order valence-electron chi connectivity index (χ4n) is 1.84. The summed E-state index contributed by atoms with van der Waals surface area (Å²) in [7, 11) is -14.6. The van der Waals surface area contributed by atoms with E-state index >= 15 is 0 Å². The van der Waals surface area contributed by atoms with E-state index in [1.165, 1.54) is 0 Å². The third kappa shape index (κ3) is 3.44. The Labute approximate surface area is 130 Å². The smallest absolute Gasteiger partial charge is 0.296 e. The third-order valence-corrected chi connectivity index (χ3v) is 5.37. The normalized spacial score (nSPS) is 13.3. The van der Waals surface area contributed by atoms with Crippen molar-refractivity contribution in [2.75, 3.05) is 5.73 Å². The van der Waals surface area contributed by atoms with Crippen LogP contribution in [0.25, 0.3) is 10.8 Å². The molecule has 2 aromatic carbocycles. The van der Waals surface area contributed by atoms with E-state index in [2.05, 4.69) is 6.07 Å². The first kappa shape index (κ1) is 17.6. The Morgan fingerprint density at radius 1 is 0.783 bits per heavy atom. The van der Waals surface area contributed by atoms with Crippen LogP contribution in [0.15, 0.2) is 32.9 Å². The number of hydrogen-bond donors (Lipinski definition) is 4. The Kier molecular flexibility index (Phi) is 3.91. The molecule has 0 amide bonds. The molecule has 2 rings (SSSR count). The van der Waals surface area contributed by atoms with Gasteiger partial charge in [-0.05, 0) is 23.6 Å². The number of nitrogens with two attached hydrogens (primary N) is 1. The predicted octanol–water partition coefficient (Wildman–Crippen LogP) is -0.0377. The Balaban J connectivity index is 3.10. The summed E-state index contributed by atoms with van der Waals surface area (Å²) in [6.07, 6.45) is 0. The van der Waals surface area contributed by atoms with Crippen molar-refractivity contribution in [3.05, 3.63) is 24.3 Å². The van der Waals surface area contributed by atoms with Gasteiger partial charge >= 0.3 is 0 Å². The maximum atomic E-state index is 11.4. The second-order valence-electron chi connectivity index (χ2n) is 4.36. The minimum absolute atomic E-state index is 0.366. The zero-order valence-corrected chi connectivity index (χ0v) is 13.3. The highest BCUT2D eigenvalue weighted by Crippen LogP contribution is 2.31. The molecule has 0 bridgehead atoms. The zero-order valence-electron chi connectivity index (χ0n) is 10.8. The molecular formula is C10H8NO9S3. The Morgan fingerprint density at radius 3 is 1.74 bits per heavy atom. The highest BCUT2D eigenvalue weighted by atomic mass is 32.2. The molecule has 13 heteroatoms. The first-order chi connectivity index (χ1) is 10.2. The molecule has 0 saturated carbocycles. The largest absolute Gasteiger partial charge is 0.397 e. The molecule has 0 aliphatic carbocycles. The lowest BCUT2D eigenvalue weighted by Gasteiger charge is -2.09. The van der Waals surface area contributed by atoms with E-state index < -0.39 is 56.1 Å². The first-order valence-electron chi connectivity index (χ1n) is 5.43. The number of benzene rings is 2. The topological polar surface area (TPSA) is 189 Å². The van der Waals surface area contributed by atoms with Crippen molar-refractivity contribution in [2.24, 2.45) is 0 Å². The lowest BCUT2D eigenvalue weighted by atomic mass is 10.1. The van der Waals surface area contributed by atoms with Crippen molar-refractivity contribution in [2.45, 2.75) is 14.7 Å². The van der Waals surface area contributed by atoms with Crippen LogP contribution in [-0.2, 0) is 30.4 Å². The van der Waals surface area contributed by atoms with Crippen molar-refractivity contribution in [1.82, 2.24) is 0 Å². The summed E-state index contributed by atoms with van der Waals surface area (Å²) in [5.41, 5.74) is 4.72. The molecule has 0 aliphatic rings. The van der Waals surface area contributed by atoms with Crippen molar-refractivity contribution < 1.29 is 38.9 Å². The van der Waals surface area contributed by atoms with Gasteiger partial charge in [0.2, 0.25) is 0 Å². The van der Waals surface area contributed by atoms with E-state index in [0.29, 0.717) is 12.1 Å². The molecule has 1 radical (unpaired) electrons. The lowest BCUT2D eigenvalue weighted by molar-refractivity contribution is 0.480. The Bertz CT molecular complexity index is 1130. The summed E-state index contributed by atoms with van der Waals surface area (Å²) >= 11 is 0. The average molecular weight is 382 g/mol.